The third-order valence-corrected chi connectivity index (χ3v) is 7.79. The van der Waals surface area contributed by atoms with Gasteiger partial charge in [0.25, 0.3) is 0 Å². The van der Waals surface area contributed by atoms with Crippen molar-refractivity contribution in [2.75, 3.05) is 11.9 Å². The van der Waals surface area contributed by atoms with Crippen LogP contribution in [0.2, 0.25) is 5.02 Å². The van der Waals surface area contributed by atoms with Crippen LogP contribution in [0.4, 0.5) is 5.69 Å². The molecule has 42 heavy (non-hydrogen) atoms. The standard InChI is InChI=1S/C33H37ClN4O4/c1-22-19-26(34)14-15-27(22)36-32(41)28(13-7-8-18-35)37-33(42)29-20-24-11-5-6-12-25(24)21-38(29)31(40)17-16-30(39)23-9-3-2-4-10-23/h2-6,9-12,14-15,19,28-29H,7-8,13,16-18,20-21,35H2,1H3,(H,36,41)(H,37,42)/t28-,29-/m0/s1. The summed E-state index contributed by atoms with van der Waals surface area (Å²) in [5.41, 5.74) is 9.57. The molecule has 3 aromatic rings. The highest BCUT2D eigenvalue weighted by Gasteiger charge is 2.36. The molecule has 0 unspecified atom stereocenters. The number of carbonyl (C=O) groups excluding carboxylic acids is 4. The molecule has 1 aliphatic rings. The molecule has 3 amide bonds. The van der Waals surface area contributed by atoms with E-state index in [4.69, 9.17) is 17.3 Å². The molecule has 0 saturated heterocycles. The van der Waals surface area contributed by atoms with E-state index >= 15 is 0 Å². The summed E-state index contributed by atoms with van der Waals surface area (Å²) in [6.45, 7) is 2.57. The van der Waals surface area contributed by atoms with Gasteiger partial charge in [0.2, 0.25) is 17.7 Å². The lowest BCUT2D eigenvalue weighted by atomic mass is 9.92. The molecule has 0 saturated carbocycles. The first-order valence-corrected chi connectivity index (χ1v) is 14.7. The summed E-state index contributed by atoms with van der Waals surface area (Å²) in [5.74, 6) is -1.17. The number of ketones is 1. The number of halogens is 1. The van der Waals surface area contributed by atoms with Crippen molar-refractivity contribution >= 4 is 40.8 Å². The molecular formula is C33H37ClN4O4. The van der Waals surface area contributed by atoms with Gasteiger partial charge in [0, 0.05) is 42.1 Å². The van der Waals surface area contributed by atoms with Crippen LogP contribution in [0.3, 0.4) is 0 Å². The average Bonchev–Trinajstić information content (AvgIpc) is 3.00. The second-order valence-electron chi connectivity index (χ2n) is 10.6. The Morgan fingerprint density at radius 3 is 2.38 bits per heavy atom. The zero-order chi connectivity index (χ0) is 30.1. The van der Waals surface area contributed by atoms with Gasteiger partial charge in [-0.15, -0.1) is 0 Å². The molecule has 0 fully saturated rings. The Labute approximate surface area is 251 Å². The van der Waals surface area contributed by atoms with Crippen LogP contribution in [0, 0.1) is 6.92 Å². The lowest BCUT2D eigenvalue weighted by Gasteiger charge is -2.37. The van der Waals surface area contributed by atoms with E-state index in [9.17, 15) is 19.2 Å². The molecule has 0 aromatic heterocycles. The minimum absolute atomic E-state index is 0.0179. The zero-order valence-electron chi connectivity index (χ0n) is 23.8. The van der Waals surface area contributed by atoms with E-state index in [0.717, 1.165) is 16.7 Å². The number of hydrogen-bond donors (Lipinski definition) is 3. The molecule has 0 aliphatic carbocycles. The molecule has 4 rings (SSSR count). The van der Waals surface area contributed by atoms with Crippen LogP contribution < -0.4 is 16.4 Å². The van der Waals surface area contributed by atoms with Gasteiger partial charge in [-0.3, -0.25) is 19.2 Å². The second kappa shape index (κ2) is 14.8. The van der Waals surface area contributed by atoms with Crippen molar-refractivity contribution in [3.8, 4) is 0 Å². The Bertz CT molecular complexity index is 1430. The quantitative estimate of drug-likeness (QED) is 0.207. The number of nitrogens with one attached hydrogen (secondary N) is 2. The molecule has 220 valence electrons. The molecular weight excluding hydrogens is 552 g/mol. The van der Waals surface area contributed by atoms with Crippen LogP contribution in [-0.2, 0) is 27.3 Å². The monoisotopic (exact) mass is 588 g/mol. The lowest BCUT2D eigenvalue weighted by Crippen LogP contribution is -2.56. The van der Waals surface area contributed by atoms with E-state index in [2.05, 4.69) is 10.6 Å². The maximum absolute atomic E-state index is 13.8. The van der Waals surface area contributed by atoms with Crippen molar-refractivity contribution in [2.45, 2.75) is 64.1 Å². The van der Waals surface area contributed by atoms with Gasteiger partial charge in [0.05, 0.1) is 0 Å². The van der Waals surface area contributed by atoms with Crippen LogP contribution in [0.15, 0.2) is 72.8 Å². The van der Waals surface area contributed by atoms with Crippen molar-refractivity contribution < 1.29 is 19.2 Å². The van der Waals surface area contributed by atoms with Crippen LogP contribution in [0.25, 0.3) is 0 Å². The van der Waals surface area contributed by atoms with Crippen molar-refractivity contribution in [2.24, 2.45) is 5.73 Å². The number of fused-ring (bicyclic) bond motifs is 1. The summed E-state index contributed by atoms with van der Waals surface area (Å²) in [4.78, 5) is 54.9. The van der Waals surface area contributed by atoms with Crippen molar-refractivity contribution in [3.05, 3.63) is 100 Å². The number of rotatable bonds is 12. The summed E-state index contributed by atoms with van der Waals surface area (Å²) >= 11 is 6.07. The number of carbonyl (C=O) groups is 4. The molecule has 0 spiro atoms. The van der Waals surface area contributed by atoms with Crippen LogP contribution in [0.1, 0.15) is 59.2 Å². The largest absolute Gasteiger partial charge is 0.342 e. The topological polar surface area (TPSA) is 122 Å². The minimum Gasteiger partial charge on any atom is -0.342 e. The number of hydrogen-bond acceptors (Lipinski definition) is 5. The van der Waals surface area contributed by atoms with Gasteiger partial charge < -0.3 is 21.3 Å². The third-order valence-electron chi connectivity index (χ3n) is 7.56. The Morgan fingerprint density at radius 1 is 0.952 bits per heavy atom. The highest BCUT2D eigenvalue weighted by atomic mass is 35.5. The Kier molecular flexibility index (Phi) is 10.9. The van der Waals surface area contributed by atoms with E-state index < -0.39 is 18.0 Å². The minimum atomic E-state index is -0.826. The number of nitrogens with two attached hydrogens (primary N) is 1. The highest BCUT2D eigenvalue weighted by Crippen LogP contribution is 2.25. The summed E-state index contributed by atoms with van der Waals surface area (Å²) in [7, 11) is 0. The maximum Gasteiger partial charge on any atom is 0.246 e. The fourth-order valence-electron chi connectivity index (χ4n) is 5.17. The Morgan fingerprint density at radius 2 is 1.67 bits per heavy atom. The van der Waals surface area contributed by atoms with E-state index in [0.29, 0.717) is 48.5 Å². The number of unbranched alkanes of at least 4 members (excludes halogenated alkanes) is 1. The lowest BCUT2D eigenvalue weighted by molar-refractivity contribution is -0.142. The number of anilines is 1. The number of aryl methyl sites for hydroxylation is 1. The van der Waals surface area contributed by atoms with Crippen molar-refractivity contribution in [3.63, 3.8) is 0 Å². The summed E-state index contributed by atoms with van der Waals surface area (Å²) < 4.78 is 0. The van der Waals surface area contributed by atoms with Gasteiger partial charge in [-0.25, -0.2) is 0 Å². The maximum atomic E-state index is 13.8. The fraction of sp³-hybridized carbons (Fsp3) is 0.333. The molecule has 1 heterocycles. The van der Waals surface area contributed by atoms with E-state index in [1.54, 1.807) is 42.5 Å². The summed E-state index contributed by atoms with van der Waals surface area (Å²) in [6.07, 6.45) is 2.08. The van der Waals surface area contributed by atoms with Gasteiger partial charge in [-0.1, -0.05) is 66.2 Å². The smallest absolute Gasteiger partial charge is 0.246 e. The third kappa shape index (κ3) is 8.05. The Balaban J connectivity index is 1.51. The fourth-order valence-corrected chi connectivity index (χ4v) is 5.40. The number of Topliss-reactive ketones (excluding diaryl/α,β-unsaturated/α-hetero) is 1. The number of benzene rings is 3. The van der Waals surface area contributed by atoms with E-state index in [-0.39, 0.29) is 37.0 Å². The molecule has 0 radical (unpaired) electrons. The predicted molar refractivity (Wildman–Crippen MR) is 164 cm³/mol. The Hall–Kier alpha value is -4.01. The molecule has 0 bridgehead atoms. The predicted octanol–water partition coefficient (Wildman–Crippen LogP) is 4.82. The van der Waals surface area contributed by atoms with Gasteiger partial charge >= 0.3 is 0 Å². The first kappa shape index (κ1) is 30.9. The number of amides is 3. The normalized spacial score (nSPS) is 14.9. The van der Waals surface area contributed by atoms with E-state index in [1.807, 2.05) is 37.3 Å². The highest BCUT2D eigenvalue weighted by molar-refractivity contribution is 6.30. The van der Waals surface area contributed by atoms with Gasteiger partial charge in [-0.2, -0.15) is 0 Å². The van der Waals surface area contributed by atoms with Crippen LogP contribution >= 0.6 is 11.6 Å². The molecule has 2 atom stereocenters. The van der Waals surface area contributed by atoms with Crippen LogP contribution in [-0.4, -0.2) is 47.0 Å². The SMILES string of the molecule is Cc1cc(Cl)ccc1NC(=O)[C@H](CCCCN)NC(=O)[C@@H]1Cc2ccccc2CN1C(=O)CCC(=O)c1ccccc1. The zero-order valence-corrected chi connectivity index (χ0v) is 24.5. The number of nitrogens with zero attached hydrogens (tertiary/aromatic N) is 1. The molecule has 8 nitrogen and oxygen atoms in total. The molecule has 9 heteroatoms. The van der Waals surface area contributed by atoms with Gasteiger partial charge in [0.1, 0.15) is 12.1 Å². The molecule has 1 aliphatic heterocycles. The van der Waals surface area contributed by atoms with Gasteiger partial charge in [0.15, 0.2) is 5.78 Å². The molecule has 4 N–H and O–H groups in total. The average molecular weight is 589 g/mol. The summed E-state index contributed by atoms with van der Waals surface area (Å²) in [6, 6.07) is 20.1. The van der Waals surface area contributed by atoms with Gasteiger partial charge in [-0.05, 0) is 67.6 Å². The first-order valence-electron chi connectivity index (χ1n) is 14.3. The van der Waals surface area contributed by atoms with Crippen LogP contribution in [0.5, 0.6) is 0 Å². The van der Waals surface area contributed by atoms with Crippen molar-refractivity contribution in [1.82, 2.24) is 10.2 Å². The van der Waals surface area contributed by atoms with Crippen molar-refractivity contribution in [1.29, 1.82) is 0 Å². The summed E-state index contributed by atoms with van der Waals surface area (Å²) in [5, 5.41) is 6.39. The second-order valence-corrected chi connectivity index (χ2v) is 11.0. The first-order chi connectivity index (χ1) is 20.3. The molecule has 3 aromatic carbocycles. The van der Waals surface area contributed by atoms with E-state index in [1.165, 1.54) is 4.90 Å².